The quantitative estimate of drug-likeness (QED) is 0.149. The Kier molecular flexibility index (Phi) is 9.28. The van der Waals surface area contributed by atoms with Crippen LogP contribution in [0, 0.1) is 0 Å². The monoisotopic (exact) mass is 839 g/mol. The van der Waals surface area contributed by atoms with E-state index in [-0.39, 0.29) is 6.71 Å². The first-order chi connectivity index (χ1) is 32.3. The molecule has 4 nitrogen and oxygen atoms in total. The first-order valence-electron chi connectivity index (χ1n) is 23.9. The molecule has 0 N–H and O–H groups in total. The number of nitrogens with zero attached hydrogens (tertiary/aromatic N) is 3. The maximum atomic E-state index is 7.34. The lowest BCUT2D eigenvalue weighted by Crippen LogP contribution is -2.61. The van der Waals surface area contributed by atoms with Crippen LogP contribution in [0.25, 0.3) is 22.1 Å². The van der Waals surface area contributed by atoms with Gasteiger partial charge in [0, 0.05) is 50.9 Å². The number of rotatable bonds is 7. The highest BCUT2D eigenvalue weighted by Crippen LogP contribution is 2.51. The number of anilines is 9. The van der Waals surface area contributed by atoms with Crippen molar-refractivity contribution in [2.24, 2.45) is 0 Å². The van der Waals surface area contributed by atoms with E-state index in [0.717, 1.165) is 57.9 Å². The molecule has 2 aliphatic carbocycles. The largest absolute Gasteiger partial charge is 0.468 e. The van der Waals surface area contributed by atoms with Crippen molar-refractivity contribution in [3.05, 3.63) is 205 Å². The fourth-order valence-electron chi connectivity index (χ4n) is 11.8. The summed E-state index contributed by atoms with van der Waals surface area (Å²) in [7, 11) is 0. The van der Waals surface area contributed by atoms with E-state index in [4.69, 9.17) is 4.42 Å². The van der Waals surface area contributed by atoms with Crippen molar-refractivity contribution in [3.63, 3.8) is 0 Å². The smallest absolute Gasteiger partial charge is 0.297 e. The van der Waals surface area contributed by atoms with Gasteiger partial charge in [0.05, 0.1) is 11.3 Å². The van der Waals surface area contributed by atoms with Crippen LogP contribution < -0.4 is 31.3 Å². The Bertz CT molecular complexity index is 3190. The van der Waals surface area contributed by atoms with Gasteiger partial charge in [0.2, 0.25) is 0 Å². The maximum Gasteiger partial charge on any atom is 0.297 e. The zero-order valence-electron chi connectivity index (χ0n) is 36.7. The molecule has 1 saturated carbocycles. The van der Waals surface area contributed by atoms with E-state index in [2.05, 4.69) is 203 Å². The molecule has 3 heterocycles. The molecule has 0 saturated heterocycles. The number of aryl methyl sites for hydroxylation is 1. The molecule has 1 aromatic heterocycles. The lowest BCUT2D eigenvalue weighted by atomic mass is 9.35. The van der Waals surface area contributed by atoms with Crippen LogP contribution in [-0.2, 0) is 12.8 Å². The summed E-state index contributed by atoms with van der Waals surface area (Å²) in [6.07, 6.45) is 11.0. The normalized spacial score (nSPS) is 15.3. The molecule has 9 aromatic rings. The van der Waals surface area contributed by atoms with E-state index in [1.54, 1.807) is 0 Å². The number of hydrogen-bond acceptors (Lipinski definition) is 4. The third kappa shape index (κ3) is 6.35. The second-order valence-corrected chi connectivity index (χ2v) is 18.5. The molecule has 0 radical (unpaired) electrons. The summed E-state index contributed by atoms with van der Waals surface area (Å²) in [5, 5.41) is 1.13. The number of hydrogen-bond donors (Lipinski definition) is 0. The van der Waals surface area contributed by atoms with Gasteiger partial charge in [0.25, 0.3) is 6.71 Å². The molecule has 0 bridgehead atoms. The Morgan fingerprint density at radius 2 is 1.17 bits per heavy atom. The molecule has 65 heavy (non-hydrogen) atoms. The van der Waals surface area contributed by atoms with Crippen LogP contribution in [0.4, 0.5) is 51.2 Å². The molecule has 1 fully saturated rings. The standard InChI is InChI=1S/C60H50BN3O/c1-5-19-41(20-6-1)44-25-17-30-48(37-44)63-55-38-45(42-21-7-2-8-22-42)39-56-58(55)61(60-59(63)51-32-15-16-34-57(51)65-60)52-40-49(62(46-26-9-3-10-27-46)47-28-11-4-12-29-47)35-36-54(52)64(56)53-33-18-24-43-23-13-14-31-50(43)53/h1,3-6,9-12,15-20,24-30,32-40,42H,2,7-8,13-14,21-23,31H2. The van der Waals surface area contributed by atoms with Crippen LogP contribution in [0.15, 0.2) is 192 Å². The van der Waals surface area contributed by atoms with Gasteiger partial charge in [-0.15, -0.1) is 0 Å². The Morgan fingerprint density at radius 3 is 1.95 bits per heavy atom. The minimum atomic E-state index is -0.157. The summed E-state index contributed by atoms with van der Waals surface area (Å²) in [4.78, 5) is 7.65. The lowest BCUT2D eigenvalue weighted by molar-refractivity contribution is 0.444. The highest BCUT2D eigenvalue weighted by atomic mass is 16.3. The van der Waals surface area contributed by atoms with Crippen molar-refractivity contribution in [1.82, 2.24) is 0 Å². The minimum Gasteiger partial charge on any atom is -0.468 e. The number of fused-ring (bicyclic) bond motifs is 7. The van der Waals surface area contributed by atoms with Gasteiger partial charge in [0.15, 0.2) is 0 Å². The van der Waals surface area contributed by atoms with E-state index >= 15 is 0 Å². The van der Waals surface area contributed by atoms with E-state index in [1.165, 1.54) is 106 Å². The number of para-hydroxylation sites is 3. The number of furan rings is 1. The molecule has 5 heteroatoms. The Labute approximate surface area is 382 Å². The summed E-state index contributed by atoms with van der Waals surface area (Å²) in [6.45, 7) is -0.157. The molecule has 4 aliphatic rings. The van der Waals surface area contributed by atoms with E-state index in [0.29, 0.717) is 5.92 Å². The molecular weight excluding hydrogens is 789 g/mol. The third-order valence-electron chi connectivity index (χ3n) is 14.8. The summed E-state index contributed by atoms with van der Waals surface area (Å²) in [5.74, 6) is 0.504. The average molecular weight is 840 g/mol. The molecule has 2 aliphatic heterocycles. The van der Waals surface area contributed by atoms with Crippen molar-refractivity contribution >= 4 is 85.5 Å². The van der Waals surface area contributed by atoms with Crippen molar-refractivity contribution in [3.8, 4) is 11.1 Å². The SMILES string of the molecule is c1ccc(-c2cccc(N3c4cc(C5CCCCC5)cc5c4B(c4cc(N(c6ccccc6)c6ccccc6)ccc4N5c4cccc5c4CCCC5)c4oc5ccccc5c43)c2)cc1. The topological polar surface area (TPSA) is 22.9 Å². The first-order valence-corrected chi connectivity index (χ1v) is 23.9. The number of benzene rings is 8. The zero-order valence-corrected chi connectivity index (χ0v) is 36.7. The van der Waals surface area contributed by atoms with E-state index < -0.39 is 0 Å². The fraction of sp³-hybridized carbons (Fsp3) is 0.167. The van der Waals surface area contributed by atoms with Crippen molar-refractivity contribution < 1.29 is 4.42 Å². The summed E-state index contributed by atoms with van der Waals surface area (Å²) >= 11 is 0. The summed E-state index contributed by atoms with van der Waals surface area (Å²) in [6, 6.07) is 69.8. The average Bonchev–Trinajstić information content (AvgIpc) is 3.76. The zero-order chi connectivity index (χ0) is 42.8. The third-order valence-corrected chi connectivity index (χ3v) is 14.8. The van der Waals surface area contributed by atoms with Crippen LogP contribution in [0.1, 0.15) is 67.6 Å². The van der Waals surface area contributed by atoms with E-state index in [9.17, 15) is 0 Å². The second kappa shape index (κ2) is 15.8. The van der Waals surface area contributed by atoms with Gasteiger partial charge < -0.3 is 19.1 Å². The van der Waals surface area contributed by atoms with Crippen LogP contribution >= 0.6 is 0 Å². The van der Waals surface area contributed by atoms with Crippen molar-refractivity contribution in [2.45, 2.75) is 63.7 Å². The highest BCUT2D eigenvalue weighted by molar-refractivity contribution is 7.00. The van der Waals surface area contributed by atoms with Gasteiger partial charge >= 0.3 is 0 Å². The Balaban J connectivity index is 1.13. The van der Waals surface area contributed by atoms with Crippen LogP contribution in [0.2, 0.25) is 0 Å². The fourth-order valence-corrected chi connectivity index (χ4v) is 11.8. The second-order valence-electron chi connectivity index (χ2n) is 18.5. The Morgan fingerprint density at radius 1 is 0.492 bits per heavy atom. The van der Waals surface area contributed by atoms with Gasteiger partial charge in [-0.1, -0.05) is 122 Å². The lowest BCUT2D eigenvalue weighted by Gasteiger charge is -2.44. The van der Waals surface area contributed by atoms with E-state index in [1.807, 2.05) is 0 Å². The van der Waals surface area contributed by atoms with Crippen LogP contribution in [-0.4, -0.2) is 6.71 Å². The molecule has 0 atom stereocenters. The van der Waals surface area contributed by atoms with Gasteiger partial charge in [-0.05, 0) is 168 Å². The van der Waals surface area contributed by atoms with Gasteiger partial charge in [-0.25, -0.2) is 0 Å². The van der Waals surface area contributed by atoms with Gasteiger partial charge in [-0.2, -0.15) is 0 Å². The molecular formula is C60H50BN3O. The first kappa shape index (κ1) is 38.2. The van der Waals surface area contributed by atoms with Crippen LogP contribution in [0.5, 0.6) is 0 Å². The van der Waals surface area contributed by atoms with Gasteiger partial charge in [-0.3, -0.25) is 0 Å². The molecule has 0 spiro atoms. The maximum absolute atomic E-state index is 7.34. The Hall–Kier alpha value is -7.24. The molecule has 0 unspecified atom stereocenters. The highest BCUT2D eigenvalue weighted by Gasteiger charge is 2.48. The predicted molar refractivity (Wildman–Crippen MR) is 273 cm³/mol. The summed E-state index contributed by atoms with van der Waals surface area (Å²) < 4.78 is 7.34. The molecule has 314 valence electrons. The van der Waals surface area contributed by atoms with Crippen molar-refractivity contribution in [2.75, 3.05) is 14.7 Å². The van der Waals surface area contributed by atoms with Crippen molar-refractivity contribution in [1.29, 1.82) is 0 Å². The molecule has 0 amide bonds. The van der Waals surface area contributed by atoms with Crippen LogP contribution in [0.3, 0.4) is 0 Å². The van der Waals surface area contributed by atoms with Gasteiger partial charge in [0.1, 0.15) is 5.58 Å². The predicted octanol–water partition coefficient (Wildman–Crippen LogP) is 14.6. The minimum absolute atomic E-state index is 0.157. The summed E-state index contributed by atoms with van der Waals surface area (Å²) in [5.41, 5.74) is 22.0. The molecule has 8 aromatic carbocycles. The molecule has 13 rings (SSSR count).